The van der Waals surface area contributed by atoms with Gasteiger partial charge in [-0.1, -0.05) is 0 Å². The smallest absolute Gasteiger partial charge is 0.271 e. The molecule has 5 nitrogen and oxygen atoms in total. The molecule has 2 aromatic heterocycles. The van der Waals surface area contributed by atoms with Crippen LogP contribution in [-0.2, 0) is 0 Å². The van der Waals surface area contributed by atoms with Crippen LogP contribution in [0.15, 0.2) is 17.9 Å². The highest BCUT2D eigenvalue weighted by Crippen LogP contribution is 2.25. The minimum Gasteiger partial charge on any atom is -0.334 e. The fourth-order valence-corrected chi connectivity index (χ4v) is 3.45. The number of hydrogen-bond acceptors (Lipinski definition) is 4. The lowest BCUT2D eigenvalue weighted by molar-refractivity contribution is 0.0736. The van der Waals surface area contributed by atoms with Crippen molar-refractivity contribution in [2.24, 2.45) is 11.7 Å². The van der Waals surface area contributed by atoms with Gasteiger partial charge in [-0.15, -0.1) is 36.2 Å². The van der Waals surface area contributed by atoms with Crippen LogP contribution in [0.3, 0.4) is 0 Å². The molecule has 3 rings (SSSR count). The molecule has 0 aromatic carbocycles. The normalized spacial score (nSPS) is 21.6. The van der Waals surface area contributed by atoms with Gasteiger partial charge in [-0.3, -0.25) is 9.20 Å². The van der Waals surface area contributed by atoms with Gasteiger partial charge in [0.2, 0.25) is 0 Å². The Bertz CT molecular complexity index is 585. The molecule has 1 aliphatic rings. The number of nitrogens with two attached hydrogens (primary N) is 1. The van der Waals surface area contributed by atoms with E-state index in [1.165, 1.54) is 0 Å². The fourth-order valence-electron chi connectivity index (χ4n) is 2.62. The molecule has 2 atom stereocenters. The maximum absolute atomic E-state index is 12.5. The van der Waals surface area contributed by atoms with Crippen molar-refractivity contribution >= 4 is 46.9 Å². The van der Waals surface area contributed by atoms with E-state index in [0.29, 0.717) is 18.2 Å². The molecule has 3 heterocycles. The third kappa shape index (κ3) is 2.79. The van der Waals surface area contributed by atoms with Crippen LogP contribution in [0.2, 0.25) is 0 Å². The van der Waals surface area contributed by atoms with Crippen LogP contribution < -0.4 is 5.73 Å². The van der Waals surface area contributed by atoms with Gasteiger partial charge in [0, 0.05) is 18.0 Å². The van der Waals surface area contributed by atoms with E-state index in [1.807, 2.05) is 14.7 Å². The predicted octanol–water partition coefficient (Wildman–Crippen LogP) is 2.05. The molecule has 0 bridgehead atoms. The van der Waals surface area contributed by atoms with Gasteiger partial charge in [-0.05, 0) is 25.8 Å². The number of likely N-dealkylation sites (tertiary alicyclic amines) is 1. The van der Waals surface area contributed by atoms with Crippen LogP contribution in [0, 0.1) is 5.92 Å². The Labute approximate surface area is 134 Å². The van der Waals surface area contributed by atoms with E-state index in [1.54, 1.807) is 23.9 Å². The second-order valence-corrected chi connectivity index (χ2v) is 5.76. The zero-order chi connectivity index (χ0) is 12.7. The van der Waals surface area contributed by atoms with Gasteiger partial charge in [0.05, 0.1) is 6.20 Å². The number of rotatable bonds is 2. The third-order valence-corrected chi connectivity index (χ3v) is 4.51. The summed E-state index contributed by atoms with van der Waals surface area (Å²) in [5.41, 5.74) is 6.41. The Morgan fingerprint density at radius 2 is 2.30 bits per heavy atom. The number of nitrogens with zero attached hydrogens (tertiary/aromatic N) is 3. The minimum atomic E-state index is 0. The summed E-state index contributed by atoms with van der Waals surface area (Å²) in [6.45, 7) is 3.51. The van der Waals surface area contributed by atoms with Crippen LogP contribution in [-0.4, -0.2) is 39.3 Å². The highest BCUT2D eigenvalue weighted by atomic mass is 35.5. The van der Waals surface area contributed by atoms with E-state index in [-0.39, 0.29) is 36.8 Å². The second-order valence-electron chi connectivity index (χ2n) is 4.87. The van der Waals surface area contributed by atoms with Crippen molar-refractivity contribution in [3.05, 3.63) is 23.6 Å². The third-order valence-electron chi connectivity index (χ3n) is 3.63. The molecule has 0 radical (unpaired) electrons. The molecule has 0 spiro atoms. The molecule has 0 saturated carbocycles. The summed E-state index contributed by atoms with van der Waals surface area (Å²) in [7, 11) is 0. The van der Waals surface area contributed by atoms with Crippen LogP contribution in [0.25, 0.3) is 4.83 Å². The number of fused-ring (bicyclic) bond motifs is 1. The number of amides is 1. The quantitative estimate of drug-likeness (QED) is 0.912. The summed E-state index contributed by atoms with van der Waals surface area (Å²) >= 11 is 1.54. The summed E-state index contributed by atoms with van der Waals surface area (Å²) in [4.78, 5) is 19.5. The summed E-state index contributed by atoms with van der Waals surface area (Å²) in [5.74, 6) is 0.517. The minimum absolute atomic E-state index is 0. The Morgan fingerprint density at radius 3 is 2.95 bits per heavy atom. The van der Waals surface area contributed by atoms with E-state index in [2.05, 4.69) is 11.9 Å². The Hall–Kier alpha value is -0.820. The largest absolute Gasteiger partial charge is 0.334 e. The van der Waals surface area contributed by atoms with E-state index in [4.69, 9.17) is 5.73 Å². The number of thiazole rings is 1. The van der Waals surface area contributed by atoms with E-state index < -0.39 is 0 Å². The number of imidazole rings is 1. The highest BCUT2D eigenvalue weighted by Gasteiger charge is 2.33. The molecular formula is C12H18Cl2N4OS. The van der Waals surface area contributed by atoms with Crippen LogP contribution >= 0.6 is 36.2 Å². The molecule has 1 fully saturated rings. The monoisotopic (exact) mass is 336 g/mol. The highest BCUT2D eigenvalue weighted by molar-refractivity contribution is 7.15. The van der Waals surface area contributed by atoms with Crippen molar-refractivity contribution in [3.63, 3.8) is 0 Å². The first-order chi connectivity index (χ1) is 8.70. The first-order valence-corrected chi connectivity index (χ1v) is 6.99. The van der Waals surface area contributed by atoms with Crippen molar-refractivity contribution < 1.29 is 4.79 Å². The number of carbonyl (C=O) groups excluding carboxylic acids is 1. The van der Waals surface area contributed by atoms with Gasteiger partial charge in [-0.2, -0.15) is 0 Å². The van der Waals surface area contributed by atoms with Gasteiger partial charge in [0.1, 0.15) is 16.9 Å². The van der Waals surface area contributed by atoms with E-state index >= 15 is 0 Å². The average molecular weight is 337 g/mol. The molecule has 2 N–H and O–H groups in total. The number of hydrogen-bond donors (Lipinski definition) is 1. The summed E-state index contributed by atoms with van der Waals surface area (Å²) in [6, 6.07) is 0.268. The molecular weight excluding hydrogens is 319 g/mol. The van der Waals surface area contributed by atoms with Crippen LogP contribution in [0.1, 0.15) is 23.8 Å². The molecule has 1 aliphatic heterocycles. The Balaban J connectivity index is 0.000001000. The zero-order valence-corrected chi connectivity index (χ0v) is 13.5. The second kappa shape index (κ2) is 6.76. The maximum atomic E-state index is 12.5. The number of aromatic nitrogens is 2. The molecule has 0 aliphatic carbocycles. The summed E-state index contributed by atoms with van der Waals surface area (Å²) in [5, 5.41) is 1.90. The van der Waals surface area contributed by atoms with Gasteiger partial charge < -0.3 is 10.6 Å². The molecule has 20 heavy (non-hydrogen) atoms. The molecule has 1 amide bonds. The van der Waals surface area contributed by atoms with Crippen molar-refractivity contribution in [2.75, 3.05) is 13.1 Å². The van der Waals surface area contributed by atoms with Crippen LogP contribution in [0.4, 0.5) is 0 Å². The van der Waals surface area contributed by atoms with E-state index in [9.17, 15) is 4.79 Å². The lowest BCUT2D eigenvalue weighted by atomic mass is 10.1. The first kappa shape index (κ1) is 17.2. The van der Waals surface area contributed by atoms with Gasteiger partial charge in [0.15, 0.2) is 0 Å². The first-order valence-electron chi connectivity index (χ1n) is 6.11. The predicted molar refractivity (Wildman–Crippen MR) is 85.2 cm³/mol. The molecule has 1 saturated heterocycles. The topological polar surface area (TPSA) is 63.6 Å². The van der Waals surface area contributed by atoms with Crippen molar-refractivity contribution in [1.29, 1.82) is 0 Å². The Kier molecular flexibility index (Phi) is 5.82. The molecule has 112 valence electrons. The summed E-state index contributed by atoms with van der Waals surface area (Å²) < 4.78 is 1.86. The number of carbonyl (C=O) groups is 1. The molecule has 8 heteroatoms. The standard InChI is InChI=1S/C12H16N4OS.2ClH/c1-8-2-9(3-13)5-15(8)12(17)10-6-18-11-4-14-7-16(10)11;;/h4,6-9H,2-3,5,13H2,1H3;2*1H. The average Bonchev–Trinajstić information content (AvgIpc) is 3.01. The fraction of sp³-hybridized carbons (Fsp3) is 0.500. The lowest BCUT2D eigenvalue weighted by Gasteiger charge is -2.20. The van der Waals surface area contributed by atoms with Crippen molar-refractivity contribution in [3.8, 4) is 0 Å². The van der Waals surface area contributed by atoms with E-state index in [0.717, 1.165) is 17.8 Å². The van der Waals surface area contributed by atoms with Crippen molar-refractivity contribution in [1.82, 2.24) is 14.3 Å². The number of halogens is 2. The Morgan fingerprint density at radius 1 is 1.55 bits per heavy atom. The molecule has 2 unspecified atom stereocenters. The van der Waals surface area contributed by atoms with Crippen LogP contribution in [0.5, 0.6) is 0 Å². The van der Waals surface area contributed by atoms with Gasteiger partial charge >= 0.3 is 0 Å². The van der Waals surface area contributed by atoms with Crippen molar-refractivity contribution in [2.45, 2.75) is 19.4 Å². The van der Waals surface area contributed by atoms with Gasteiger partial charge in [-0.25, -0.2) is 4.98 Å². The van der Waals surface area contributed by atoms with Gasteiger partial charge in [0.25, 0.3) is 5.91 Å². The zero-order valence-electron chi connectivity index (χ0n) is 11.1. The SMILES string of the molecule is CC1CC(CN)CN1C(=O)c1csc2cncn12.Cl.Cl. The molecule has 2 aromatic rings. The summed E-state index contributed by atoms with van der Waals surface area (Å²) in [6.07, 6.45) is 4.47. The lowest BCUT2D eigenvalue weighted by Crippen LogP contribution is -2.35. The maximum Gasteiger partial charge on any atom is 0.271 e.